The van der Waals surface area contributed by atoms with Crippen molar-refractivity contribution in [2.75, 3.05) is 11.9 Å². The van der Waals surface area contributed by atoms with Crippen molar-refractivity contribution in [1.82, 2.24) is 0 Å². The topological polar surface area (TPSA) is 41.5 Å². The Morgan fingerprint density at radius 3 is 3.15 bits per heavy atom. The zero-order chi connectivity index (χ0) is 9.10. The number of hydrogen-bond acceptors (Lipinski definition) is 4. The Hall–Kier alpha value is -1.03. The number of para-hydroxylation sites is 1. The second-order valence-electron chi connectivity index (χ2n) is 2.89. The first-order valence-electron chi connectivity index (χ1n) is 4.22. The van der Waals surface area contributed by atoms with Gasteiger partial charge in [0, 0.05) is 23.5 Å². The first-order chi connectivity index (χ1) is 6.40. The minimum absolute atomic E-state index is 0.142. The third-order valence-electron chi connectivity index (χ3n) is 1.97. The molecule has 0 fully saturated rings. The predicted octanol–water partition coefficient (Wildman–Crippen LogP) is 2.69. The van der Waals surface area contributed by atoms with Gasteiger partial charge in [-0.15, -0.1) is 4.91 Å². The number of benzene rings is 1. The first kappa shape index (κ1) is 8.56. The summed E-state index contributed by atoms with van der Waals surface area (Å²) in [5.41, 5.74) is 1.11. The van der Waals surface area contributed by atoms with E-state index in [4.69, 9.17) is 0 Å². The molecular weight excluding hydrogens is 184 g/mol. The lowest BCUT2D eigenvalue weighted by Crippen LogP contribution is -2.04. The molecule has 0 bridgehead atoms. The number of fused-ring (bicyclic) bond motifs is 1. The van der Waals surface area contributed by atoms with Crippen LogP contribution in [0.15, 0.2) is 34.3 Å². The Morgan fingerprint density at radius 2 is 2.31 bits per heavy atom. The van der Waals surface area contributed by atoms with Gasteiger partial charge in [-0.25, -0.2) is 0 Å². The summed E-state index contributed by atoms with van der Waals surface area (Å²) >= 11 is 1.54. The molecule has 1 aliphatic heterocycles. The zero-order valence-electron chi connectivity index (χ0n) is 7.06. The van der Waals surface area contributed by atoms with Gasteiger partial charge in [-0.1, -0.05) is 29.1 Å². The van der Waals surface area contributed by atoms with E-state index >= 15 is 0 Å². The van der Waals surface area contributed by atoms with Gasteiger partial charge in [0.1, 0.15) is 5.37 Å². The number of nitrogens with one attached hydrogen (secondary N) is 1. The molecule has 0 amide bonds. The van der Waals surface area contributed by atoms with E-state index in [-0.39, 0.29) is 5.37 Å². The Balaban J connectivity index is 2.28. The maximum Gasteiger partial charge on any atom is 0.143 e. The maximum atomic E-state index is 10.4. The molecule has 0 aliphatic carbocycles. The molecule has 0 radical (unpaired) electrons. The fourth-order valence-corrected chi connectivity index (χ4v) is 2.32. The third-order valence-corrected chi connectivity index (χ3v) is 3.18. The van der Waals surface area contributed by atoms with Crippen LogP contribution in [-0.2, 0) is 0 Å². The van der Waals surface area contributed by atoms with Crippen molar-refractivity contribution in [2.24, 2.45) is 5.18 Å². The molecule has 0 spiro atoms. The molecule has 1 aromatic rings. The van der Waals surface area contributed by atoms with Crippen molar-refractivity contribution in [3.63, 3.8) is 0 Å². The highest BCUT2D eigenvalue weighted by atomic mass is 32.2. The molecule has 13 heavy (non-hydrogen) atoms. The lowest BCUT2D eigenvalue weighted by molar-refractivity contribution is 0.826. The molecule has 0 saturated carbocycles. The van der Waals surface area contributed by atoms with Gasteiger partial charge in [0.15, 0.2) is 0 Å². The summed E-state index contributed by atoms with van der Waals surface area (Å²) in [6.45, 7) is 0.820. The Kier molecular flexibility index (Phi) is 2.49. The smallest absolute Gasteiger partial charge is 0.143 e. The Labute approximate surface area is 80.9 Å². The van der Waals surface area contributed by atoms with Gasteiger partial charge < -0.3 is 5.32 Å². The molecule has 1 aliphatic rings. The van der Waals surface area contributed by atoms with Gasteiger partial charge in [-0.05, 0) is 12.1 Å². The van der Waals surface area contributed by atoms with E-state index in [1.165, 1.54) is 11.8 Å². The number of hydrogen-bond donors (Lipinski definition) is 1. The summed E-state index contributed by atoms with van der Waals surface area (Å²) < 4.78 is 0. The first-order valence-corrected chi connectivity index (χ1v) is 5.10. The van der Waals surface area contributed by atoms with Crippen LogP contribution in [-0.4, -0.2) is 11.9 Å². The molecule has 4 heteroatoms. The SMILES string of the molecule is O=NC1CCNc2ccccc2S1. The van der Waals surface area contributed by atoms with Crippen LogP contribution in [0.1, 0.15) is 6.42 Å². The summed E-state index contributed by atoms with van der Waals surface area (Å²) in [6, 6.07) is 7.99. The number of thioether (sulfide) groups is 1. The van der Waals surface area contributed by atoms with Gasteiger partial charge in [-0.3, -0.25) is 0 Å². The van der Waals surface area contributed by atoms with Crippen LogP contribution in [0.3, 0.4) is 0 Å². The second kappa shape index (κ2) is 3.79. The number of anilines is 1. The van der Waals surface area contributed by atoms with E-state index in [1.807, 2.05) is 24.3 Å². The Morgan fingerprint density at radius 1 is 1.46 bits per heavy atom. The van der Waals surface area contributed by atoms with Crippen LogP contribution in [0.4, 0.5) is 5.69 Å². The fourth-order valence-electron chi connectivity index (χ4n) is 1.33. The van der Waals surface area contributed by atoms with E-state index in [9.17, 15) is 4.91 Å². The van der Waals surface area contributed by atoms with Crippen molar-refractivity contribution < 1.29 is 0 Å². The number of nitrogens with zero attached hydrogens (tertiary/aromatic N) is 1. The molecule has 1 heterocycles. The molecule has 2 rings (SSSR count). The normalized spacial score (nSPS) is 21.1. The molecule has 68 valence electrons. The minimum Gasteiger partial charge on any atom is -0.384 e. The summed E-state index contributed by atoms with van der Waals surface area (Å²) in [5, 5.41) is 6.21. The van der Waals surface area contributed by atoms with Crippen LogP contribution in [0.5, 0.6) is 0 Å². The highest BCUT2D eigenvalue weighted by Crippen LogP contribution is 2.34. The molecule has 0 aromatic heterocycles. The second-order valence-corrected chi connectivity index (χ2v) is 4.11. The van der Waals surface area contributed by atoms with Gasteiger partial charge in [0.05, 0.1) is 0 Å². The van der Waals surface area contributed by atoms with Crippen LogP contribution < -0.4 is 5.32 Å². The fraction of sp³-hybridized carbons (Fsp3) is 0.333. The summed E-state index contributed by atoms with van der Waals surface area (Å²) in [4.78, 5) is 11.5. The van der Waals surface area contributed by atoms with Gasteiger partial charge in [-0.2, -0.15) is 0 Å². The average molecular weight is 194 g/mol. The van der Waals surface area contributed by atoms with Crippen molar-refractivity contribution in [3.8, 4) is 0 Å². The van der Waals surface area contributed by atoms with E-state index in [2.05, 4.69) is 10.5 Å². The van der Waals surface area contributed by atoms with Crippen molar-refractivity contribution >= 4 is 17.4 Å². The monoisotopic (exact) mass is 194 g/mol. The molecule has 1 N–H and O–H groups in total. The Bertz CT molecular complexity index is 316. The van der Waals surface area contributed by atoms with Gasteiger partial charge in [0.2, 0.25) is 0 Å². The summed E-state index contributed by atoms with van der Waals surface area (Å²) in [6.07, 6.45) is 0.794. The van der Waals surface area contributed by atoms with Crippen LogP contribution in [0, 0.1) is 4.91 Å². The number of rotatable bonds is 1. The highest BCUT2D eigenvalue weighted by Gasteiger charge is 2.16. The average Bonchev–Trinajstić information content (AvgIpc) is 2.38. The van der Waals surface area contributed by atoms with Gasteiger partial charge >= 0.3 is 0 Å². The number of nitroso groups, excluding NO2 is 1. The summed E-state index contributed by atoms with van der Waals surface area (Å²) in [7, 11) is 0. The predicted molar refractivity (Wildman–Crippen MR) is 55.0 cm³/mol. The van der Waals surface area contributed by atoms with E-state index < -0.39 is 0 Å². The standard InChI is InChI=1S/C9H10N2OS/c12-11-9-5-6-10-7-3-1-2-4-8(7)13-9/h1-4,9-10H,5-6H2. The zero-order valence-corrected chi connectivity index (χ0v) is 7.88. The lowest BCUT2D eigenvalue weighted by atomic mass is 10.3. The quantitative estimate of drug-likeness (QED) is 0.699. The van der Waals surface area contributed by atoms with Crippen LogP contribution in [0.25, 0.3) is 0 Å². The molecular formula is C9H10N2OS. The van der Waals surface area contributed by atoms with Crippen LogP contribution >= 0.6 is 11.8 Å². The highest BCUT2D eigenvalue weighted by molar-refractivity contribution is 8.00. The van der Waals surface area contributed by atoms with Crippen molar-refractivity contribution in [1.29, 1.82) is 0 Å². The molecule has 1 aromatic carbocycles. The minimum atomic E-state index is -0.142. The molecule has 1 unspecified atom stereocenters. The van der Waals surface area contributed by atoms with E-state index in [1.54, 1.807) is 0 Å². The largest absolute Gasteiger partial charge is 0.384 e. The maximum absolute atomic E-state index is 10.4. The third kappa shape index (κ3) is 1.83. The molecule has 1 atom stereocenters. The van der Waals surface area contributed by atoms with E-state index in [0.717, 1.165) is 23.5 Å². The molecule has 0 saturated heterocycles. The molecule has 3 nitrogen and oxygen atoms in total. The van der Waals surface area contributed by atoms with E-state index in [0.29, 0.717) is 0 Å². The van der Waals surface area contributed by atoms with Crippen molar-refractivity contribution in [2.45, 2.75) is 16.7 Å². The van der Waals surface area contributed by atoms with Crippen molar-refractivity contribution in [3.05, 3.63) is 29.2 Å². The lowest BCUT2D eigenvalue weighted by Gasteiger charge is -2.04. The van der Waals surface area contributed by atoms with Crippen LogP contribution in [0.2, 0.25) is 0 Å². The summed E-state index contributed by atoms with van der Waals surface area (Å²) in [5.74, 6) is 0. The van der Waals surface area contributed by atoms with Gasteiger partial charge in [0.25, 0.3) is 0 Å².